The van der Waals surface area contributed by atoms with Crippen LogP contribution in [-0.4, -0.2) is 27.8 Å². The Morgan fingerprint density at radius 1 is 1.63 bits per heavy atom. The molecule has 0 aliphatic carbocycles. The molecule has 0 aliphatic rings. The van der Waals surface area contributed by atoms with Crippen LogP contribution in [0.2, 0.25) is 0 Å². The Balaban J connectivity index is 1.86. The van der Waals surface area contributed by atoms with Crippen LogP contribution in [0.25, 0.3) is 0 Å². The molecule has 2 rings (SSSR count). The minimum Gasteiger partial charge on any atom is -0.467 e. The monoisotopic (exact) mass is 263 g/mol. The van der Waals surface area contributed by atoms with Crippen LogP contribution >= 0.6 is 0 Å². The third-order valence-corrected chi connectivity index (χ3v) is 2.71. The molecule has 1 atom stereocenters. The average molecular weight is 263 g/mol. The summed E-state index contributed by atoms with van der Waals surface area (Å²) in [5, 5.41) is 19.1. The first-order valence-electron chi connectivity index (χ1n) is 6.24. The molecule has 0 saturated carbocycles. The van der Waals surface area contributed by atoms with Gasteiger partial charge in [-0.3, -0.25) is 9.89 Å². The Morgan fingerprint density at radius 2 is 2.47 bits per heavy atom. The minimum atomic E-state index is -0.854. The van der Waals surface area contributed by atoms with Gasteiger partial charge in [0.25, 0.3) is 5.91 Å². The van der Waals surface area contributed by atoms with E-state index in [-0.39, 0.29) is 12.5 Å². The van der Waals surface area contributed by atoms with E-state index in [2.05, 4.69) is 22.4 Å². The number of hydrogen-bond donors (Lipinski definition) is 3. The minimum absolute atomic E-state index is 0.0856. The molecule has 1 unspecified atom stereocenters. The maximum absolute atomic E-state index is 11.8. The number of amides is 1. The first-order chi connectivity index (χ1) is 9.20. The maximum Gasteiger partial charge on any atom is 0.271 e. The van der Waals surface area contributed by atoms with Crippen molar-refractivity contribution in [2.45, 2.75) is 25.9 Å². The average Bonchev–Trinajstić information content (AvgIpc) is 3.06. The number of carbonyl (C=O) groups is 1. The lowest BCUT2D eigenvalue weighted by molar-refractivity contribution is 0.0896. The topological polar surface area (TPSA) is 91.2 Å². The third-order valence-electron chi connectivity index (χ3n) is 2.71. The predicted molar refractivity (Wildman–Crippen MR) is 68.6 cm³/mol. The van der Waals surface area contributed by atoms with E-state index < -0.39 is 6.10 Å². The summed E-state index contributed by atoms with van der Waals surface area (Å²) in [6.07, 6.45) is 2.47. The second-order valence-electron chi connectivity index (χ2n) is 4.27. The number of carbonyl (C=O) groups excluding carboxylic acids is 1. The van der Waals surface area contributed by atoms with Crippen molar-refractivity contribution in [2.24, 2.45) is 0 Å². The van der Waals surface area contributed by atoms with Gasteiger partial charge in [-0.2, -0.15) is 5.10 Å². The molecule has 102 valence electrons. The van der Waals surface area contributed by atoms with Gasteiger partial charge in [-0.1, -0.05) is 13.3 Å². The predicted octanol–water partition coefficient (Wildman–Crippen LogP) is 1.42. The van der Waals surface area contributed by atoms with Crippen molar-refractivity contribution in [3.63, 3.8) is 0 Å². The molecule has 0 spiro atoms. The summed E-state index contributed by atoms with van der Waals surface area (Å²) in [6, 6.07) is 5.06. The molecule has 2 aromatic rings. The van der Waals surface area contributed by atoms with Gasteiger partial charge in [-0.25, -0.2) is 0 Å². The lowest BCUT2D eigenvalue weighted by Crippen LogP contribution is -2.28. The van der Waals surface area contributed by atoms with Crippen LogP contribution in [0.3, 0.4) is 0 Å². The summed E-state index contributed by atoms with van der Waals surface area (Å²) in [6.45, 7) is 2.14. The number of aromatic nitrogens is 2. The Hall–Kier alpha value is -2.08. The highest BCUT2D eigenvalue weighted by Crippen LogP contribution is 2.11. The maximum atomic E-state index is 11.8. The smallest absolute Gasteiger partial charge is 0.271 e. The molecule has 19 heavy (non-hydrogen) atoms. The summed E-state index contributed by atoms with van der Waals surface area (Å²) in [5.41, 5.74) is 1.26. The second kappa shape index (κ2) is 6.19. The summed E-state index contributed by atoms with van der Waals surface area (Å²) in [7, 11) is 0. The Bertz CT molecular complexity index is 519. The normalized spacial score (nSPS) is 12.3. The molecule has 3 N–H and O–H groups in total. The van der Waals surface area contributed by atoms with Crippen molar-refractivity contribution in [1.82, 2.24) is 15.5 Å². The molecule has 0 radical (unpaired) electrons. The van der Waals surface area contributed by atoms with Gasteiger partial charge in [0, 0.05) is 5.69 Å². The van der Waals surface area contributed by atoms with Crippen molar-refractivity contribution >= 4 is 5.91 Å². The van der Waals surface area contributed by atoms with Gasteiger partial charge >= 0.3 is 0 Å². The number of H-pyrrole nitrogens is 1. The zero-order chi connectivity index (χ0) is 13.7. The molecule has 0 saturated heterocycles. The van der Waals surface area contributed by atoms with Gasteiger partial charge < -0.3 is 14.8 Å². The lowest BCUT2D eigenvalue weighted by atomic mass is 10.2. The summed E-state index contributed by atoms with van der Waals surface area (Å²) in [5.74, 6) is 0.109. The van der Waals surface area contributed by atoms with E-state index in [0.29, 0.717) is 11.5 Å². The SMILES string of the molecule is CCCc1cc(C(=O)NCC(O)c2ccco2)n[nH]1. The molecule has 0 aromatic carbocycles. The molecule has 6 nitrogen and oxygen atoms in total. The van der Waals surface area contributed by atoms with Crippen LogP contribution in [0.5, 0.6) is 0 Å². The number of nitrogens with one attached hydrogen (secondary N) is 2. The van der Waals surface area contributed by atoms with Crippen molar-refractivity contribution in [1.29, 1.82) is 0 Å². The number of hydrogen-bond acceptors (Lipinski definition) is 4. The zero-order valence-electron chi connectivity index (χ0n) is 10.7. The fraction of sp³-hybridized carbons (Fsp3) is 0.385. The molecule has 1 amide bonds. The van der Waals surface area contributed by atoms with E-state index in [9.17, 15) is 9.90 Å². The van der Waals surface area contributed by atoms with Crippen LogP contribution in [-0.2, 0) is 6.42 Å². The number of nitrogens with zero attached hydrogens (tertiary/aromatic N) is 1. The molecule has 0 fully saturated rings. The van der Waals surface area contributed by atoms with Crippen LogP contribution in [0.4, 0.5) is 0 Å². The van der Waals surface area contributed by atoms with Crippen molar-refractivity contribution in [3.05, 3.63) is 41.6 Å². The molecule has 0 bridgehead atoms. The second-order valence-corrected chi connectivity index (χ2v) is 4.27. The van der Waals surface area contributed by atoms with E-state index >= 15 is 0 Å². The van der Waals surface area contributed by atoms with Crippen LogP contribution < -0.4 is 5.32 Å². The fourth-order valence-corrected chi connectivity index (χ4v) is 1.74. The van der Waals surface area contributed by atoms with Gasteiger partial charge in [-0.15, -0.1) is 0 Å². The molecule has 2 aromatic heterocycles. The fourth-order valence-electron chi connectivity index (χ4n) is 1.74. The number of aryl methyl sites for hydroxylation is 1. The number of furan rings is 1. The molecule has 6 heteroatoms. The number of aliphatic hydroxyl groups is 1. The zero-order valence-corrected chi connectivity index (χ0v) is 10.7. The van der Waals surface area contributed by atoms with Gasteiger partial charge in [0.15, 0.2) is 0 Å². The first kappa shape index (κ1) is 13.4. The van der Waals surface area contributed by atoms with Gasteiger partial charge in [-0.05, 0) is 24.6 Å². The Kier molecular flexibility index (Phi) is 4.35. The number of aromatic amines is 1. The highest BCUT2D eigenvalue weighted by molar-refractivity contribution is 5.92. The third kappa shape index (κ3) is 3.45. The molecule has 2 heterocycles. The molecular formula is C13H17N3O3. The van der Waals surface area contributed by atoms with Crippen molar-refractivity contribution in [3.8, 4) is 0 Å². The number of aliphatic hydroxyl groups excluding tert-OH is 1. The van der Waals surface area contributed by atoms with Gasteiger partial charge in [0.05, 0.1) is 12.8 Å². The summed E-state index contributed by atoms with van der Waals surface area (Å²) >= 11 is 0. The van der Waals surface area contributed by atoms with Crippen molar-refractivity contribution < 1.29 is 14.3 Å². The standard InChI is InChI=1S/C13H17N3O3/c1-2-4-9-7-10(16-15-9)13(18)14-8-11(17)12-5-3-6-19-12/h3,5-7,11,17H,2,4,8H2,1H3,(H,14,18)(H,15,16). The lowest BCUT2D eigenvalue weighted by Gasteiger charge is -2.08. The van der Waals surface area contributed by atoms with E-state index in [1.165, 1.54) is 6.26 Å². The Labute approximate surface area is 110 Å². The van der Waals surface area contributed by atoms with Gasteiger partial charge in [0.2, 0.25) is 0 Å². The van der Waals surface area contributed by atoms with E-state index in [1.54, 1.807) is 18.2 Å². The van der Waals surface area contributed by atoms with E-state index in [1.807, 2.05) is 0 Å². The highest BCUT2D eigenvalue weighted by Gasteiger charge is 2.14. The molecule has 0 aliphatic heterocycles. The first-order valence-corrected chi connectivity index (χ1v) is 6.24. The highest BCUT2D eigenvalue weighted by atomic mass is 16.4. The largest absolute Gasteiger partial charge is 0.467 e. The van der Waals surface area contributed by atoms with Gasteiger partial charge in [0.1, 0.15) is 17.6 Å². The van der Waals surface area contributed by atoms with E-state index in [0.717, 1.165) is 18.5 Å². The summed E-state index contributed by atoms with van der Waals surface area (Å²) < 4.78 is 5.05. The van der Waals surface area contributed by atoms with E-state index in [4.69, 9.17) is 4.42 Å². The van der Waals surface area contributed by atoms with Crippen molar-refractivity contribution in [2.75, 3.05) is 6.54 Å². The quantitative estimate of drug-likeness (QED) is 0.735. The summed E-state index contributed by atoms with van der Waals surface area (Å²) in [4.78, 5) is 11.8. The Morgan fingerprint density at radius 3 is 3.16 bits per heavy atom. The van der Waals surface area contributed by atoms with Crippen LogP contribution in [0, 0.1) is 0 Å². The number of rotatable bonds is 6. The van der Waals surface area contributed by atoms with Crippen LogP contribution in [0.15, 0.2) is 28.9 Å². The molecular weight excluding hydrogens is 246 g/mol. The van der Waals surface area contributed by atoms with Crippen LogP contribution in [0.1, 0.15) is 41.4 Å².